The van der Waals surface area contributed by atoms with Gasteiger partial charge in [-0.2, -0.15) is 0 Å². The van der Waals surface area contributed by atoms with E-state index < -0.39 is 46.5 Å². The number of halogens is 2. The Balaban J connectivity index is -0.000000590. The van der Waals surface area contributed by atoms with Gasteiger partial charge < -0.3 is 18.9 Å². The molecule has 0 aromatic heterocycles. The molecular weight excluding hydrogens is 686 g/mol. The van der Waals surface area contributed by atoms with Gasteiger partial charge in [-0.25, -0.2) is 19.2 Å². The van der Waals surface area contributed by atoms with E-state index in [0.29, 0.717) is 0 Å². The van der Waals surface area contributed by atoms with Crippen molar-refractivity contribution in [1.82, 2.24) is 0 Å². The van der Waals surface area contributed by atoms with E-state index in [2.05, 4.69) is 61.7 Å². The molecule has 0 spiro atoms. The Hall–Kier alpha value is -1.77. The van der Waals surface area contributed by atoms with Crippen molar-refractivity contribution in [2.45, 2.75) is 79.1 Å². The first-order chi connectivity index (χ1) is 15.6. The Morgan fingerprint density at radius 3 is 1.14 bits per heavy atom. The summed E-state index contributed by atoms with van der Waals surface area (Å²) in [6.45, 7) is 23.5. The molecular formula is C24H36I2O9. The van der Waals surface area contributed by atoms with Gasteiger partial charge in [0.25, 0.3) is 0 Å². The van der Waals surface area contributed by atoms with Crippen LogP contribution in [0.25, 0.3) is 0 Å². The zero-order valence-electron chi connectivity index (χ0n) is 22.1. The van der Waals surface area contributed by atoms with Crippen LogP contribution in [-0.2, 0) is 42.9 Å². The Kier molecular flexibility index (Phi) is 17.3. The highest BCUT2D eigenvalue weighted by atomic mass is 128. The predicted octanol–water partition coefficient (Wildman–Crippen LogP) is 5.18. The fourth-order valence-corrected chi connectivity index (χ4v) is 1.88. The molecule has 11 heteroatoms. The maximum absolute atomic E-state index is 12.1. The Bertz CT molecular complexity index is 853. The summed E-state index contributed by atoms with van der Waals surface area (Å²) in [5.74, 6) is -3.10. The minimum absolute atomic E-state index is 0.170. The Morgan fingerprint density at radius 1 is 0.571 bits per heavy atom. The van der Waals surface area contributed by atoms with E-state index in [1.165, 1.54) is 69.4 Å². The average molecular weight is 722 g/mol. The maximum Gasteiger partial charge on any atom is 0.351 e. The van der Waals surface area contributed by atoms with Crippen molar-refractivity contribution in [3.05, 3.63) is 36.5 Å². The minimum atomic E-state index is -1.51. The van der Waals surface area contributed by atoms with Crippen molar-refractivity contribution in [2.75, 3.05) is 7.11 Å². The van der Waals surface area contributed by atoms with Crippen molar-refractivity contribution in [2.24, 2.45) is 0 Å². The van der Waals surface area contributed by atoms with E-state index >= 15 is 0 Å². The first kappa shape index (κ1) is 37.8. The number of methoxy groups -OCH3 is 1. The molecule has 0 heterocycles. The number of ether oxygens (including phenoxy) is 4. The second kappa shape index (κ2) is 16.1. The highest BCUT2D eigenvalue weighted by Crippen LogP contribution is 2.21. The lowest BCUT2D eigenvalue weighted by Gasteiger charge is -2.29. The van der Waals surface area contributed by atoms with Crippen LogP contribution in [0.4, 0.5) is 0 Å². The van der Waals surface area contributed by atoms with Gasteiger partial charge in [-0.3, -0.25) is 4.79 Å². The van der Waals surface area contributed by atoms with Crippen LogP contribution in [0.3, 0.4) is 0 Å². The maximum atomic E-state index is 12.1. The molecule has 0 aromatic carbocycles. The molecule has 0 amide bonds. The molecule has 200 valence electrons. The minimum Gasteiger partial charge on any atom is -0.466 e. The van der Waals surface area contributed by atoms with Gasteiger partial charge in [0.05, 0.1) is 7.11 Å². The lowest BCUT2D eigenvalue weighted by molar-refractivity contribution is -0.186. The quantitative estimate of drug-likeness (QED) is 0.137. The lowest BCUT2D eigenvalue weighted by Crippen LogP contribution is -2.46. The second-order valence-corrected chi connectivity index (χ2v) is 8.86. The SMILES string of the molecule is C=C(C)C(=O)OC(C)(C)C(=O)OC.C=C(C)C(=O)OC(C)(C)C(=O)OC(C)(C)C(=O)C(=C)C.II. The van der Waals surface area contributed by atoms with Crippen LogP contribution in [0, 0.1) is 0 Å². The number of rotatable bonds is 9. The monoisotopic (exact) mass is 722 g/mol. The molecule has 0 atom stereocenters. The lowest BCUT2D eigenvalue weighted by atomic mass is 9.98. The average Bonchev–Trinajstić information content (AvgIpc) is 2.73. The van der Waals surface area contributed by atoms with Gasteiger partial charge in [0.1, 0.15) is 0 Å². The van der Waals surface area contributed by atoms with Crippen LogP contribution in [0.2, 0.25) is 0 Å². The third kappa shape index (κ3) is 14.4. The Labute approximate surface area is 231 Å². The summed E-state index contributed by atoms with van der Waals surface area (Å²) in [4.78, 5) is 57.5. The van der Waals surface area contributed by atoms with Crippen LogP contribution in [0.1, 0.15) is 62.3 Å². The predicted molar refractivity (Wildman–Crippen MR) is 150 cm³/mol. The third-order valence-electron chi connectivity index (χ3n) is 3.84. The largest absolute Gasteiger partial charge is 0.466 e. The summed E-state index contributed by atoms with van der Waals surface area (Å²) in [7, 11) is 1.23. The van der Waals surface area contributed by atoms with Crippen LogP contribution < -0.4 is 0 Å². The summed E-state index contributed by atoms with van der Waals surface area (Å²) >= 11 is 4.24. The summed E-state index contributed by atoms with van der Waals surface area (Å²) in [6, 6.07) is 0. The van der Waals surface area contributed by atoms with E-state index in [-0.39, 0.29) is 16.7 Å². The van der Waals surface area contributed by atoms with Crippen LogP contribution >= 0.6 is 37.2 Å². The number of esters is 4. The van der Waals surface area contributed by atoms with Crippen LogP contribution in [-0.4, -0.2) is 53.6 Å². The fourth-order valence-electron chi connectivity index (χ4n) is 1.88. The van der Waals surface area contributed by atoms with E-state index in [0.717, 1.165) is 0 Å². The molecule has 0 radical (unpaired) electrons. The van der Waals surface area contributed by atoms with E-state index in [1.807, 2.05) is 0 Å². The van der Waals surface area contributed by atoms with E-state index in [1.54, 1.807) is 0 Å². The molecule has 0 bridgehead atoms. The Morgan fingerprint density at radius 2 is 0.886 bits per heavy atom. The van der Waals surface area contributed by atoms with Crippen LogP contribution in [0.5, 0.6) is 0 Å². The van der Waals surface area contributed by atoms with Gasteiger partial charge in [0.2, 0.25) is 17.0 Å². The molecule has 0 saturated heterocycles. The summed E-state index contributed by atoms with van der Waals surface area (Å²) in [5.41, 5.74) is -3.44. The van der Waals surface area contributed by atoms with Crippen molar-refractivity contribution in [3.63, 3.8) is 0 Å². The molecule has 0 unspecified atom stereocenters. The number of hydrogen-bond donors (Lipinski definition) is 0. The summed E-state index contributed by atoms with van der Waals surface area (Å²) in [6.07, 6.45) is 0. The van der Waals surface area contributed by atoms with Gasteiger partial charge in [0, 0.05) is 48.4 Å². The molecule has 0 fully saturated rings. The van der Waals surface area contributed by atoms with Gasteiger partial charge in [-0.05, 0) is 67.9 Å². The summed E-state index contributed by atoms with van der Waals surface area (Å²) < 4.78 is 19.4. The number of ketones is 1. The number of carbonyl (C=O) groups excluding carboxylic acids is 5. The highest BCUT2D eigenvalue weighted by Gasteiger charge is 2.40. The summed E-state index contributed by atoms with van der Waals surface area (Å²) in [5, 5.41) is 0. The van der Waals surface area contributed by atoms with Gasteiger partial charge >= 0.3 is 23.9 Å². The van der Waals surface area contributed by atoms with Crippen molar-refractivity contribution < 1.29 is 42.9 Å². The molecule has 0 saturated carbocycles. The molecule has 0 N–H and O–H groups in total. The number of hydrogen-bond acceptors (Lipinski definition) is 9. The zero-order chi connectivity index (χ0) is 28.9. The van der Waals surface area contributed by atoms with Crippen molar-refractivity contribution in [3.8, 4) is 0 Å². The fraction of sp³-hybridized carbons (Fsp3) is 0.542. The molecule has 0 aliphatic carbocycles. The van der Waals surface area contributed by atoms with Crippen LogP contribution in [0.15, 0.2) is 36.5 Å². The highest BCUT2D eigenvalue weighted by molar-refractivity contribution is 15.0. The van der Waals surface area contributed by atoms with Gasteiger partial charge in [-0.15, -0.1) is 0 Å². The smallest absolute Gasteiger partial charge is 0.351 e. The van der Waals surface area contributed by atoms with E-state index in [4.69, 9.17) is 14.2 Å². The standard InChI is InChI=1S/C15H22O5.C9H14O4.I2/c1-9(2)11(16)14(5,6)20-13(18)15(7,8)19-12(17)10(3)4;1-6(2)7(10)13-9(3,4)8(11)12-5;1-2/h1,3H2,2,4-8H3;1H2,2-5H3;. The molecule has 0 aliphatic heterocycles. The van der Waals surface area contributed by atoms with Gasteiger partial charge in [-0.1, -0.05) is 19.7 Å². The zero-order valence-corrected chi connectivity index (χ0v) is 26.4. The number of carbonyl (C=O) groups is 5. The van der Waals surface area contributed by atoms with E-state index in [9.17, 15) is 24.0 Å². The topological polar surface area (TPSA) is 122 Å². The van der Waals surface area contributed by atoms with Crippen molar-refractivity contribution in [1.29, 1.82) is 0 Å². The van der Waals surface area contributed by atoms with Crippen molar-refractivity contribution >= 4 is 66.9 Å². The number of Topliss-reactive ketones (excluding diaryl/α,β-unsaturated/α-hetero) is 1. The second-order valence-electron chi connectivity index (χ2n) is 8.86. The molecule has 0 aliphatic rings. The first-order valence-corrected chi connectivity index (χ1v) is 16.3. The van der Waals surface area contributed by atoms with Gasteiger partial charge in [0.15, 0.2) is 5.60 Å². The molecule has 0 rings (SSSR count). The normalized spacial score (nSPS) is 10.6. The molecule has 35 heavy (non-hydrogen) atoms. The molecule has 0 aromatic rings. The first-order valence-electron chi connectivity index (χ1n) is 10.1. The molecule has 9 nitrogen and oxygen atoms in total. The third-order valence-corrected chi connectivity index (χ3v) is 3.84.